The average Bonchev–Trinajstić information content (AvgIpc) is 3.39. The van der Waals surface area contributed by atoms with E-state index in [9.17, 15) is 4.79 Å². The predicted octanol–water partition coefficient (Wildman–Crippen LogP) is 4.42. The standard InChI is InChI=1S/C19H21ClN2O.ClH/c20-16-10-8-15(9-11-16)19(14-6-7-14)22-18(23)12-17(21)13-4-2-1-3-5-13;/h1-5,8-11,14,17,19H,6-7,12,21H2,(H,22,23);1H. The lowest BCUT2D eigenvalue weighted by Crippen LogP contribution is -2.32. The molecule has 2 aromatic rings. The van der Waals surface area contributed by atoms with Gasteiger partial charge >= 0.3 is 0 Å². The van der Waals surface area contributed by atoms with Crippen molar-refractivity contribution >= 4 is 29.9 Å². The van der Waals surface area contributed by atoms with E-state index in [1.807, 2.05) is 54.6 Å². The van der Waals surface area contributed by atoms with Gasteiger partial charge in [0.05, 0.1) is 6.04 Å². The minimum atomic E-state index is -0.277. The van der Waals surface area contributed by atoms with Crippen LogP contribution in [0.3, 0.4) is 0 Å². The summed E-state index contributed by atoms with van der Waals surface area (Å²) >= 11 is 5.95. The van der Waals surface area contributed by atoms with Crippen LogP contribution < -0.4 is 11.1 Å². The van der Waals surface area contributed by atoms with E-state index >= 15 is 0 Å². The maximum absolute atomic E-state index is 12.4. The van der Waals surface area contributed by atoms with Crippen molar-refractivity contribution in [1.82, 2.24) is 5.32 Å². The topological polar surface area (TPSA) is 55.1 Å². The minimum absolute atomic E-state index is 0. The highest BCUT2D eigenvalue weighted by Gasteiger charge is 2.33. The summed E-state index contributed by atoms with van der Waals surface area (Å²) in [5.74, 6) is 0.515. The van der Waals surface area contributed by atoms with Crippen molar-refractivity contribution in [2.45, 2.75) is 31.3 Å². The molecule has 5 heteroatoms. The molecule has 3 N–H and O–H groups in total. The molecule has 1 amide bonds. The Morgan fingerprint density at radius 1 is 1.08 bits per heavy atom. The van der Waals surface area contributed by atoms with Gasteiger partial charge in [-0.15, -0.1) is 12.4 Å². The summed E-state index contributed by atoms with van der Waals surface area (Å²) in [7, 11) is 0. The number of halogens is 2. The van der Waals surface area contributed by atoms with Gasteiger partial charge in [-0.1, -0.05) is 54.1 Å². The summed E-state index contributed by atoms with van der Waals surface area (Å²) in [5.41, 5.74) is 8.24. The fourth-order valence-corrected chi connectivity index (χ4v) is 2.95. The van der Waals surface area contributed by atoms with Crippen molar-refractivity contribution in [3.05, 3.63) is 70.7 Å². The van der Waals surface area contributed by atoms with Gasteiger partial charge in [0.15, 0.2) is 0 Å². The summed E-state index contributed by atoms with van der Waals surface area (Å²) in [6.45, 7) is 0. The molecule has 2 aromatic carbocycles. The normalized spacial score (nSPS) is 15.9. The van der Waals surface area contributed by atoms with Crippen molar-refractivity contribution in [3.63, 3.8) is 0 Å². The van der Waals surface area contributed by atoms with Crippen LogP contribution in [0, 0.1) is 5.92 Å². The second-order valence-electron chi connectivity index (χ2n) is 6.16. The molecule has 2 atom stereocenters. The molecule has 3 nitrogen and oxygen atoms in total. The predicted molar refractivity (Wildman–Crippen MR) is 100 cm³/mol. The molecule has 1 aliphatic carbocycles. The van der Waals surface area contributed by atoms with Gasteiger partial charge in [-0.3, -0.25) is 4.79 Å². The molecule has 128 valence electrons. The molecule has 0 radical (unpaired) electrons. The van der Waals surface area contributed by atoms with E-state index in [2.05, 4.69) is 5.32 Å². The van der Waals surface area contributed by atoms with E-state index in [-0.39, 0.29) is 30.4 Å². The zero-order valence-electron chi connectivity index (χ0n) is 13.3. The third kappa shape index (κ3) is 4.97. The lowest BCUT2D eigenvalue weighted by atomic mass is 10.0. The first kappa shape index (κ1) is 18.8. The van der Waals surface area contributed by atoms with Gasteiger partial charge in [0, 0.05) is 17.5 Å². The number of carbonyl (C=O) groups is 1. The summed E-state index contributed by atoms with van der Waals surface area (Å²) < 4.78 is 0. The quantitative estimate of drug-likeness (QED) is 0.796. The third-order valence-corrected chi connectivity index (χ3v) is 4.52. The largest absolute Gasteiger partial charge is 0.349 e. The first-order valence-corrected chi connectivity index (χ1v) is 8.36. The fourth-order valence-electron chi connectivity index (χ4n) is 2.82. The molecule has 1 fully saturated rings. The molecule has 0 saturated heterocycles. The number of amides is 1. The molecular formula is C19H22Cl2N2O. The molecule has 2 unspecified atom stereocenters. The van der Waals surface area contributed by atoms with Gasteiger partial charge < -0.3 is 11.1 Å². The molecule has 0 aliphatic heterocycles. The van der Waals surface area contributed by atoms with E-state index in [0.717, 1.165) is 24.0 Å². The van der Waals surface area contributed by atoms with Gasteiger partial charge in [-0.05, 0) is 42.0 Å². The van der Waals surface area contributed by atoms with Crippen molar-refractivity contribution in [1.29, 1.82) is 0 Å². The van der Waals surface area contributed by atoms with Crippen LogP contribution >= 0.6 is 24.0 Å². The number of nitrogens with two attached hydrogens (primary N) is 1. The second-order valence-corrected chi connectivity index (χ2v) is 6.59. The molecule has 24 heavy (non-hydrogen) atoms. The highest BCUT2D eigenvalue weighted by atomic mass is 35.5. The molecule has 3 rings (SSSR count). The van der Waals surface area contributed by atoms with Crippen LogP contribution in [-0.2, 0) is 4.79 Å². The Balaban J connectivity index is 0.00000208. The Labute approximate surface area is 154 Å². The average molecular weight is 365 g/mol. The van der Waals surface area contributed by atoms with Crippen LogP contribution in [-0.4, -0.2) is 5.91 Å². The van der Waals surface area contributed by atoms with Crippen LogP contribution in [0.5, 0.6) is 0 Å². The summed E-state index contributed by atoms with van der Waals surface area (Å²) in [5, 5.41) is 3.86. The molecule has 0 heterocycles. The van der Waals surface area contributed by atoms with E-state index in [1.54, 1.807) is 0 Å². The van der Waals surface area contributed by atoms with E-state index < -0.39 is 0 Å². The highest BCUT2D eigenvalue weighted by molar-refractivity contribution is 6.30. The molecule has 0 spiro atoms. The van der Waals surface area contributed by atoms with Gasteiger partial charge in [-0.25, -0.2) is 0 Å². The van der Waals surface area contributed by atoms with Crippen LogP contribution in [0.4, 0.5) is 0 Å². The summed E-state index contributed by atoms with van der Waals surface area (Å²) in [6, 6.07) is 17.2. The van der Waals surface area contributed by atoms with Gasteiger partial charge in [-0.2, -0.15) is 0 Å². The summed E-state index contributed by atoms with van der Waals surface area (Å²) in [6.07, 6.45) is 2.59. The lowest BCUT2D eigenvalue weighted by molar-refractivity contribution is -0.122. The second kappa shape index (κ2) is 8.52. The number of carbonyl (C=O) groups excluding carboxylic acids is 1. The Bertz CT molecular complexity index is 657. The van der Waals surface area contributed by atoms with Crippen molar-refractivity contribution in [3.8, 4) is 0 Å². The van der Waals surface area contributed by atoms with E-state index in [0.29, 0.717) is 17.4 Å². The first-order chi connectivity index (χ1) is 11.1. The maximum Gasteiger partial charge on any atom is 0.222 e. The minimum Gasteiger partial charge on any atom is -0.349 e. The Hall–Kier alpha value is -1.55. The fraction of sp³-hybridized carbons (Fsp3) is 0.316. The smallest absolute Gasteiger partial charge is 0.222 e. The van der Waals surface area contributed by atoms with E-state index in [4.69, 9.17) is 17.3 Å². The summed E-state index contributed by atoms with van der Waals surface area (Å²) in [4.78, 5) is 12.4. The molecule has 0 aromatic heterocycles. The first-order valence-electron chi connectivity index (χ1n) is 7.99. The monoisotopic (exact) mass is 364 g/mol. The number of hydrogen-bond acceptors (Lipinski definition) is 2. The Morgan fingerprint density at radius 2 is 1.71 bits per heavy atom. The highest BCUT2D eigenvalue weighted by Crippen LogP contribution is 2.41. The zero-order valence-corrected chi connectivity index (χ0v) is 14.9. The van der Waals surface area contributed by atoms with Crippen molar-refractivity contribution < 1.29 is 4.79 Å². The van der Waals surface area contributed by atoms with Crippen molar-refractivity contribution in [2.24, 2.45) is 11.7 Å². The molecule has 1 aliphatic rings. The molecule has 1 saturated carbocycles. The number of benzene rings is 2. The number of rotatable bonds is 6. The lowest BCUT2D eigenvalue weighted by Gasteiger charge is -2.20. The van der Waals surface area contributed by atoms with Crippen molar-refractivity contribution in [2.75, 3.05) is 0 Å². The van der Waals surface area contributed by atoms with Crippen LogP contribution in [0.15, 0.2) is 54.6 Å². The molecule has 0 bridgehead atoms. The number of nitrogens with one attached hydrogen (secondary N) is 1. The number of hydrogen-bond donors (Lipinski definition) is 2. The Morgan fingerprint density at radius 3 is 2.29 bits per heavy atom. The third-order valence-electron chi connectivity index (χ3n) is 4.27. The maximum atomic E-state index is 12.4. The van der Waals surface area contributed by atoms with Crippen LogP contribution in [0.1, 0.15) is 42.5 Å². The van der Waals surface area contributed by atoms with Gasteiger partial charge in [0.25, 0.3) is 0 Å². The Kier molecular flexibility index (Phi) is 6.67. The van der Waals surface area contributed by atoms with Crippen LogP contribution in [0.25, 0.3) is 0 Å². The zero-order chi connectivity index (χ0) is 16.2. The SMILES string of the molecule is Cl.NC(CC(=O)NC(c1ccc(Cl)cc1)C1CC1)c1ccccc1. The van der Waals surface area contributed by atoms with Gasteiger partial charge in [0.1, 0.15) is 0 Å². The van der Waals surface area contributed by atoms with Gasteiger partial charge in [0.2, 0.25) is 5.91 Å². The van der Waals surface area contributed by atoms with E-state index in [1.165, 1.54) is 0 Å². The van der Waals surface area contributed by atoms with Crippen LogP contribution in [0.2, 0.25) is 5.02 Å². The molecular weight excluding hydrogens is 343 g/mol.